The normalized spacial score (nSPS) is 24.1. The molecule has 0 radical (unpaired) electrons. The molecule has 1 unspecified atom stereocenters. The number of Topliss-reactive ketones (excluding diaryl/α,β-unsaturated/α-hetero) is 2. The summed E-state index contributed by atoms with van der Waals surface area (Å²) in [4.78, 5) is 93.2. The van der Waals surface area contributed by atoms with Crippen LogP contribution >= 0.6 is 0 Å². The van der Waals surface area contributed by atoms with Gasteiger partial charge >= 0.3 is 0 Å². The molecule has 16 heteroatoms. The zero-order chi connectivity index (χ0) is 55.3. The van der Waals surface area contributed by atoms with Crippen LogP contribution in [0.15, 0.2) is 197 Å². The van der Waals surface area contributed by atoms with E-state index in [9.17, 15) is 24.0 Å². The zero-order valence-corrected chi connectivity index (χ0v) is 43.9. The van der Waals surface area contributed by atoms with Crippen LogP contribution < -0.4 is 15.1 Å². The SMILES string of the molecule is CC1(C)C2=CCNC(=O)C2(c2ccccc2)Cc2cnoc21.[C-]#[N+]C1=C[C@@]2(c3ccccc3)C(=O)N(c3cnccn3)CC=C2C(C)(C)C1=O.[C-]#[N+]C1=C[C@]2(c3ccccc3)C(=O)N(c3cnccn3)CC=C2C(C)(C)C1=O. The number of nitrogens with zero attached hydrogens (tertiary/aromatic N) is 9. The Hall–Kier alpha value is -9.54. The molecule has 0 saturated heterocycles. The summed E-state index contributed by atoms with van der Waals surface area (Å²) in [5, 5.41) is 6.99. The van der Waals surface area contributed by atoms with Crippen molar-refractivity contribution in [3.63, 3.8) is 0 Å². The summed E-state index contributed by atoms with van der Waals surface area (Å²) in [6, 6.07) is 28.6. The lowest BCUT2D eigenvalue weighted by Gasteiger charge is -2.48. The fourth-order valence-corrected chi connectivity index (χ4v) is 12.3. The maximum absolute atomic E-state index is 13.9. The van der Waals surface area contributed by atoms with E-state index in [1.165, 1.54) is 36.9 Å². The Bertz CT molecular complexity index is 3490. The highest BCUT2D eigenvalue weighted by Crippen LogP contribution is 2.55. The maximum atomic E-state index is 13.9. The number of nitrogens with one attached hydrogen (secondary N) is 1. The Balaban J connectivity index is 0.000000133. The summed E-state index contributed by atoms with van der Waals surface area (Å²) in [5.41, 5.74) is 0.581. The number of aromatic nitrogens is 5. The summed E-state index contributed by atoms with van der Waals surface area (Å²) >= 11 is 0. The Morgan fingerprint density at radius 2 is 1.00 bits per heavy atom. The molecule has 388 valence electrons. The largest absolute Gasteiger partial charge is 0.360 e. The number of carbonyl (C=O) groups excluding carboxylic acids is 5. The third kappa shape index (κ3) is 7.93. The molecule has 3 aromatic carbocycles. The van der Waals surface area contributed by atoms with Crippen molar-refractivity contribution >= 4 is 40.9 Å². The molecular weight excluding hydrogens is 981 g/mol. The quantitative estimate of drug-likeness (QED) is 0.128. The van der Waals surface area contributed by atoms with E-state index in [0.717, 1.165) is 33.6 Å². The Kier molecular flexibility index (Phi) is 13.0. The topological polar surface area (TPSA) is 190 Å². The van der Waals surface area contributed by atoms with Gasteiger partial charge in [-0.1, -0.05) is 154 Å². The number of rotatable bonds is 5. The van der Waals surface area contributed by atoms with Crippen LogP contribution in [0.3, 0.4) is 0 Å². The van der Waals surface area contributed by atoms with E-state index in [1.54, 1.807) is 56.1 Å². The molecule has 0 saturated carbocycles. The molecule has 6 heterocycles. The lowest BCUT2D eigenvalue weighted by atomic mass is 9.56. The van der Waals surface area contributed by atoms with Crippen LogP contribution in [0.5, 0.6) is 0 Å². The second-order valence-corrected chi connectivity index (χ2v) is 21.3. The van der Waals surface area contributed by atoms with Crippen molar-refractivity contribution in [1.29, 1.82) is 0 Å². The van der Waals surface area contributed by atoms with E-state index in [4.69, 9.17) is 17.7 Å². The average molecular weight is 1040 g/mol. The first-order valence-electron chi connectivity index (χ1n) is 25.4. The van der Waals surface area contributed by atoms with E-state index in [0.29, 0.717) is 48.8 Å². The van der Waals surface area contributed by atoms with Crippen LogP contribution in [0, 0.1) is 24.0 Å². The van der Waals surface area contributed by atoms with E-state index in [1.807, 2.05) is 103 Å². The highest BCUT2D eigenvalue weighted by Gasteiger charge is 2.59. The molecule has 6 aromatic rings. The van der Waals surface area contributed by atoms with Gasteiger partial charge in [-0.05, 0) is 53.7 Å². The number of allylic oxidation sites excluding steroid dienone is 2. The van der Waals surface area contributed by atoms with Crippen molar-refractivity contribution in [3.05, 3.63) is 244 Å². The number of carbonyl (C=O) groups is 5. The molecule has 3 aliphatic heterocycles. The lowest BCUT2D eigenvalue weighted by molar-refractivity contribution is -0.127. The van der Waals surface area contributed by atoms with Crippen LogP contribution in [0.1, 0.15) is 69.6 Å². The fraction of sp³-hybridized carbons (Fsp3) is 0.258. The highest BCUT2D eigenvalue weighted by atomic mass is 16.5. The van der Waals surface area contributed by atoms with Crippen LogP contribution in [0.2, 0.25) is 0 Å². The van der Waals surface area contributed by atoms with E-state index >= 15 is 0 Å². The first kappa shape index (κ1) is 51.9. The Labute approximate surface area is 451 Å². The molecule has 12 rings (SSSR count). The van der Waals surface area contributed by atoms with Gasteiger partial charge in [0, 0.05) is 66.2 Å². The summed E-state index contributed by atoms with van der Waals surface area (Å²) in [6.45, 7) is 27.5. The van der Waals surface area contributed by atoms with Crippen LogP contribution in [0.4, 0.5) is 11.6 Å². The molecule has 0 fully saturated rings. The predicted molar refractivity (Wildman–Crippen MR) is 291 cm³/mol. The second-order valence-electron chi connectivity index (χ2n) is 21.3. The molecule has 78 heavy (non-hydrogen) atoms. The molecule has 3 amide bonds. The second kappa shape index (κ2) is 19.5. The van der Waals surface area contributed by atoms with Crippen molar-refractivity contribution in [1.82, 2.24) is 30.4 Å². The maximum Gasteiger partial charge on any atom is 0.245 e. The molecule has 1 N–H and O–H groups in total. The number of fused-ring (bicyclic) bond motifs is 4. The first-order chi connectivity index (χ1) is 37.4. The number of amides is 3. The monoisotopic (exact) mass is 1030 g/mol. The van der Waals surface area contributed by atoms with Gasteiger partial charge in [0.05, 0.1) is 31.7 Å². The van der Waals surface area contributed by atoms with Crippen LogP contribution in [0.25, 0.3) is 9.69 Å². The molecule has 0 bridgehead atoms. The van der Waals surface area contributed by atoms with Gasteiger partial charge in [-0.25, -0.2) is 19.7 Å². The third-order valence-corrected chi connectivity index (χ3v) is 16.0. The summed E-state index contributed by atoms with van der Waals surface area (Å²) in [7, 11) is 0. The van der Waals surface area contributed by atoms with Gasteiger partial charge in [0.15, 0.2) is 23.2 Å². The summed E-state index contributed by atoms with van der Waals surface area (Å²) < 4.78 is 5.51. The summed E-state index contributed by atoms with van der Waals surface area (Å²) in [6.07, 6.45) is 20.6. The smallest absolute Gasteiger partial charge is 0.245 e. The minimum atomic E-state index is -1.23. The highest BCUT2D eigenvalue weighted by molar-refractivity contribution is 6.15. The van der Waals surface area contributed by atoms with Crippen molar-refractivity contribution in [3.8, 4) is 0 Å². The van der Waals surface area contributed by atoms with Gasteiger partial charge < -0.3 is 19.4 Å². The number of hydrogen-bond acceptors (Lipinski definition) is 11. The fourth-order valence-electron chi connectivity index (χ4n) is 12.3. The first-order valence-corrected chi connectivity index (χ1v) is 25.4. The third-order valence-electron chi connectivity index (χ3n) is 16.0. The van der Waals surface area contributed by atoms with Crippen molar-refractivity contribution in [2.45, 2.75) is 69.6 Å². The lowest BCUT2D eigenvalue weighted by Crippen LogP contribution is -2.57. The van der Waals surface area contributed by atoms with Gasteiger partial charge in [0.25, 0.3) is 0 Å². The molecule has 3 aliphatic carbocycles. The van der Waals surface area contributed by atoms with Gasteiger partial charge in [-0.3, -0.25) is 34.2 Å². The Morgan fingerprint density at radius 1 is 0.551 bits per heavy atom. The van der Waals surface area contributed by atoms with Gasteiger partial charge in [0.1, 0.15) is 22.0 Å². The molecule has 0 spiro atoms. The number of anilines is 2. The van der Waals surface area contributed by atoms with Crippen LogP contribution in [-0.4, -0.2) is 74.0 Å². The van der Waals surface area contributed by atoms with E-state index < -0.39 is 27.1 Å². The average Bonchev–Trinajstić information content (AvgIpc) is 3.46. The number of hydrogen-bond donors (Lipinski definition) is 1. The van der Waals surface area contributed by atoms with Gasteiger partial charge in [0.2, 0.25) is 29.1 Å². The van der Waals surface area contributed by atoms with Gasteiger partial charge in [-0.2, -0.15) is 0 Å². The van der Waals surface area contributed by atoms with Crippen molar-refractivity contribution in [2.24, 2.45) is 10.8 Å². The number of benzene rings is 3. The Morgan fingerprint density at radius 3 is 1.42 bits per heavy atom. The standard InChI is InChI=1S/2C22H18N4O2.C18H18N2O2/c2*1-21(2)17-9-12-26(18-14-24-10-11-25-18)20(28)22(17,13-16(23-3)19(21)27)15-7-5-4-6-8-15;1-17(2)14-8-9-19-16(21)18(14,13-6-4-3-5-7-13)10-12-11-20-22-15(12)17/h2*4-11,13-14H,12H2,1-2H3;3-8,11H,9-10H2,1-2H3,(H,19,21)/t2*22-;/m10./s1. The molecule has 16 nitrogen and oxygen atoms in total. The molecular formula is C62H54N10O6. The minimum Gasteiger partial charge on any atom is -0.360 e. The molecule has 6 aliphatic rings. The number of ketones is 2. The molecule has 3 aromatic heterocycles. The van der Waals surface area contributed by atoms with E-state index in [2.05, 4.69) is 60.0 Å². The summed E-state index contributed by atoms with van der Waals surface area (Å²) in [5.74, 6) is 0.811. The predicted octanol–water partition coefficient (Wildman–Crippen LogP) is 8.70. The zero-order valence-electron chi connectivity index (χ0n) is 43.9. The van der Waals surface area contributed by atoms with Gasteiger partial charge in [-0.15, -0.1) is 0 Å². The van der Waals surface area contributed by atoms with E-state index in [-0.39, 0.29) is 46.1 Å². The van der Waals surface area contributed by atoms with Crippen molar-refractivity contribution < 1.29 is 28.5 Å². The van der Waals surface area contributed by atoms with Crippen LogP contribution in [-0.2, 0) is 52.1 Å². The molecule has 3 atom stereocenters. The minimum absolute atomic E-state index is 0.0136. The van der Waals surface area contributed by atoms with Crippen molar-refractivity contribution in [2.75, 3.05) is 29.4 Å².